The van der Waals surface area contributed by atoms with Crippen LogP contribution in [0.2, 0.25) is 0 Å². The number of fused-ring (bicyclic) bond motifs is 30. The summed E-state index contributed by atoms with van der Waals surface area (Å²) < 4.78 is 20.0. The molecule has 0 aliphatic heterocycles. The van der Waals surface area contributed by atoms with Crippen molar-refractivity contribution in [1.29, 1.82) is 0 Å². The van der Waals surface area contributed by atoms with Crippen molar-refractivity contribution >= 4 is 214 Å². The van der Waals surface area contributed by atoms with Crippen LogP contribution in [0.25, 0.3) is 265 Å². The highest BCUT2D eigenvalue weighted by Crippen LogP contribution is 2.55. The van der Waals surface area contributed by atoms with Gasteiger partial charge in [-0.2, -0.15) is 0 Å². The van der Waals surface area contributed by atoms with Crippen LogP contribution >= 0.6 is 45.3 Å². The standard InChI is InChI=1S/C43H29N3S.C40H23N3OS.C40H23N3S2/c1-43(2)33-20-9-6-18-31(33)37-34(43)24-23-30-29-17-7-10-21-35(29)46(40(30)37)28-16-12-15-27(25-28)39-38-32-19-8-11-22-36(32)47-42(38)45-41(44-39)26-13-4-3-5-14-26;1-2-12-24(13-3-1)39-41-37(36-29-17-7-11-21-34(29)45-40(36)42-39)27-15-5-9-19-31(27)43-30-18-8-4-14-25(30)26-22-23-33-35(38(26)43)28-16-6-10-20-32(28)44-33;1-2-12-24(13-3-1)39-41-37(36-29-17-7-11-21-33(29)45-40(36)42-39)27-15-5-9-19-31(27)43-30-18-8-4-14-25(30)26-22-23-34-35(38(26)43)28-16-6-10-20-32(28)44-34/h3-25H,1-2H3;2*1-23H. The molecule has 0 radical (unpaired) electrons. The summed E-state index contributed by atoms with van der Waals surface area (Å²) in [5, 5.41) is 19.1. The zero-order chi connectivity index (χ0) is 90.2. The lowest BCUT2D eigenvalue weighted by Crippen LogP contribution is -2.14. The summed E-state index contributed by atoms with van der Waals surface area (Å²) in [6.07, 6.45) is 0. The van der Waals surface area contributed by atoms with Gasteiger partial charge in [0.25, 0.3) is 0 Å². The molecule has 137 heavy (non-hydrogen) atoms. The summed E-state index contributed by atoms with van der Waals surface area (Å²) in [5.41, 5.74) is 26.7. The Bertz CT molecular complexity index is 9690. The molecule has 0 bridgehead atoms. The van der Waals surface area contributed by atoms with E-state index in [2.05, 4.69) is 392 Å². The molecule has 14 heteroatoms. The van der Waals surface area contributed by atoms with Gasteiger partial charge in [-0.15, -0.1) is 45.3 Å². The highest BCUT2D eigenvalue weighted by molar-refractivity contribution is 7.27. The Balaban J connectivity index is 0.000000102. The first-order chi connectivity index (χ1) is 67.7. The van der Waals surface area contributed by atoms with Crippen LogP contribution < -0.4 is 0 Å². The monoisotopic (exact) mass is 1820 g/mol. The largest absolute Gasteiger partial charge is 0.456 e. The van der Waals surface area contributed by atoms with Crippen LogP contribution in [0, 0.1) is 0 Å². The second-order valence-electron chi connectivity index (χ2n) is 35.7. The maximum Gasteiger partial charge on any atom is 0.161 e. The summed E-state index contributed by atoms with van der Waals surface area (Å²) in [4.78, 5) is 34.4. The van der Waals surface area contributed by atoms with Gasteiger partial charge < -0.3 is 18.1 Å². The molecule has 0 amide bonds. The minimum absolute atomic E-state index is 0.0797. The number of hydrogen-bond acceptors (Lipinski definition) is 11. The molecular formula is C123H75N9OS4. The highest BCUT2D eigenvalue weighted by Gasteiger charge is 2.38. The lowest BCUT2D eigenvalue weighted by molar-refractivity contribution is 0.661. The maximum absolute atomic E-state index is 6.39. The first-order valence-electron chi connectivity index (χ1n) is 46.1. The van der Waals surface area contributed by atoms with Crippen molar-refractivity contribution in [1.82, 2.24) is 43.6 Å². The molecule has 29 aromatic rings. The molecule has 0 unspecified atom stereocenters. The fraction of sp³-hybridized carbons (Fsp3) is 0.0244. The Hall–Kier alpha value is -16.7. The van der Waals surface area contributed by atoms with E-state index in [0.717, 1.165) is 149 Å². The van der Waals surface area contributed by atoms with Crippen molar-refractivity contribution in [2.24, 2.45) is 0 Å². The third-order valence-electron chi connectivity index (χ3n) is 27.7. The van der Waals surface area contributed by atoms with Crippen LogP contribution in [0.3, 0.4) is 0 Å². The first kappa shape index (κ1) is 78.9. The minimum atomic E-state index is -0.0797. The fourth-order valence-electron chi connectivity index (χ4n) is 21.7. The van der Waals surface area contributed by atoms with Crippen molar-refractivity contribution in [3.8, 4) is 96.1 Å². The van der Waals surface area contributed by atoms with E-state index >= 15 is 0 Å². The molecule has 11 aromatic heterocycles. The molecule has 0 fully saturated rings. The van der Waals surface area contributed by atoms with Gasteiger partial charge in [0.2, 0.25) is 0 Å². The van der Waals surface area contributed by atoms with E-state index in [1.165, 1.54) is 127 Å². The van der Waals surface area contributed by atoms with Gasteiger partial charge in [-0.25, -0.2) is 29.9 Å². The average Bonchev–Trinajstić information content (AvgIpc) is 1.54. The van der Waals surface area contributed by atoms with Crippen molar-refractivity contribution in [3.05, 3.63) is 430 Å². The van der Waals surface area contributed by atoms with Crippen LogP contribution in [0.1, 0.15) is 25.0 Å². The molecule has 18 aromatic carbocycles. The number of furan rings is 1. The Morgan fingerprint density at radius 1 is 0.234 bits per heavy atom. The molecule has 10 nitrogen and oxygen atoms in total. The van der Waals surface area contributed by atoms with E-state index in [-0.39, 0.29) is 5.41 Å². The second-order valence-corrected chi connectivity index (χ2v) is 39.9. The molecule has 11 heterocycles. The molecule has 0 saturated carbocycles. The van der Waals surface area contributed by atoms with Gasteiger partial charge in [-0.05, 0) is 108 Å². The minimum Gasteiger partial charge on any atom is -0.456 e. The summed E-state index contributed by atoms with van der Waals surface area (Å²) in [6, 6.07) is 149. The molecule has 642 valence electrons. The normalized spacial score (nSPS) is 12.5. The Labute approximate surface area is 800 Å². The molecule has 0 spiro atoms. The van der Waals surface area contributed by atoms with E-state index in [1.807, 2.05) is 65.9 Å². The van der Waals surface area contributed by atoms with E-state index in [4.69, 9.17) is 34.3 Å². The van der Waals surface area contributed by atoms with Crippen LogP contribution in [0.15, 0.2) is 423 Å². The SMILES string of the molecule is CC1(C)c2ccccc2-c2c1ccc1c3ccccc3n(-c3cccc(-c4nc(-c5ccccc5)nc5sc6ccccc6c45)c3)c21.c1ccc(-c2nc(-c3ccccc3-n3c4ccccc4c4ccc5oc6ccccc6c5c43)c3c(n2)sc2ccccc23)cc1.c1ccc(-c2nc(-c3ccccc3-n3c4ccccc4c4ccc5sc6ccccc6c5c43)c3c(n2)sc2ccccc23)cc1. The average molecular weight is 1820 g/mol. The number of rotatable bonds is 9. The third kappa shape index (κ3) is 12.3. The quantitative estimate of drug-likeness (QED) is 0.142. The number of thiophene rings is 4. The molecule has 0 atom stereocenters. The summed E-state index contributed by atoms with van der Waals surface area (Å²) in [6.45, 7) is 4.71. The van der Waals surface area contributed by atoms with E-state index < -0.39 is 0 Å². The zero-order valence-corrected chi connectivity index (χ0v) is 77.2. The molecule has 1 aliphatic carbocycles. The van der Waals surface area contributed by atoms with Gasteiger partial charge in [-0.3, -0.25) is 0 Å². The number of hydrogen-bond donors (Lipinski definition) is 0. The topological polar surface area (TPSA) is 105 Å². The third-order valence-corrected chi connectivity index (χ3v) is 32.0. The van der Waals surface area contributed by atoms with Gasteiger partial charge in [0.15, 0.2) is 17.5 Å². The van der Waals surface area contributed by atoms with Gasteiger partial charge >= 0.3 is 0 Å². The lowest BCUT2D eigenvalue weighted by atomic mass is 9.82. The number of benzene rings is 18. The summed E-state index contributed by atoms with van der Waals surface area (Å²) in [5.74, 6) is 2.22. The van der Waals surface area contributed by atoms with Crippen LogP contribution in [-0.2, 0) is 5.41 Å². The Morgan fingerprint density at radius 3 is 1.14 bits per heavy atom. The van der Waals surface area contributed by atoms with Gasteiger partial charge in [0.05, 0.1) is 66.9 Å². The molecule has 1 aliphatic rings. The van der Waals surface area contributed by atoms with Crippen LogP contribution in [-0.4, -0.2) is 43.6 Å². The van der Waals surface area contributed by atoms with Crippen molar-refractivity contribution in [3.63, 3.8) is 0 Å². The zero-order valence-electron chi connectivity index (χ0n) is 73.9. The smallest absolute Gasteiger partial charge is 0.161 e. The molecule has 0 saturated heterocycles. The van der Waals surface area contributed by atoms with E-state index in [0.29, 0.717) is 0 Å². The van der Waals surface area contributed by atoms with Gasteiger partial charge in [0.1, 0.15) is 25.7 Å². The Morgan fingerprint density at radius 2 is 0.613 bits per heavy atom. The Kier molecular flexibility index (Phi) is 18.0. The fourth-order valence-corrected chi connectivity index (χ4v) is 26.0. The molecular weight excluding hydrogens is 1750 g/mol. The van der Waals surface area contributed by atoms with Gasteiger partial charge in [0, 0.05) is 154 Å². The maximum atomic E-state index is 6.39. The molecule has 30 rings (SSSR count). The predicted molar refractivity (Wildman–Crippen MR) is 578 cm³/mol. The predicted octanol–water partition coefficient (Wildman–Crippen LogP) is 34.4. The second kappa shape index (κ2) is 31.2. The number of aromatic nitrogens is 9. The molecule has 0 N–H and O–H groups in total. The highest BCUT2D eigenvalue weighted by atomic mass is 32.1. The van der Waals surface area contributed by atoms with Gasteiger partial charge in [-0.1, -0.05) is 341 Å². The summed E-state index contributed by atoms with van der Waals surface area (Å²) in [7, 11) is 0. The van der Waals surface area contributed by atoms with Crippen molar-refractivity contribution in [2.75, 3.05) is 0 Å². The van der Waals surface area contributed by atoms with Crippen molar-refractivity contribution < 1.29 is 4.42 Å². The number of para-hydroxylation sites is 6. The lowest BCUT2D eigenvalue weighted by Gasteiger charge is -2.21. The van der Waals surface area contributed by atoms with E-state index in [1.54, 1.807) is 34.0 Å². The number of nitrogens with zero attached hydrogens (tertiary/aromatic N) is 9. The van der Waals surface area contributed by atoms with E-state index in [9.17, 15) is 0 Å². The van der Waals surface area contributed by atoms with Crippen LogP contribution in [0.4, 0.5) is 0 Å². The summed E-state index contributed by atoms with van der Waals surface area (Å²) >= 11 is 7.06. The van der Waals surface area contributed by atoms with Crippen LogP contribution in [0.5, 0.6) is 0 Å². The first-order valence-corrected chi connectivity index (χ1v) is 49.4. The van der Waals surface area contributed by atoms with Crippen molar-refractivity contribution in [2.45, 2.75) is 19.3 Å².